The molecular weight excluding hydrogens is 202 g/mol. The third-order valence-electron chi connectivity index (χ3n) is 2.73. The summed E-state index contributed by atoms with van der Waals surface area (Å²) in [6.07, 6.45) is 5.84. The zero-order chi connectivity index (χ0) is 12.4. The number of carbonyl (C=O) groups is 1. The Hall–Kier alpha value is -0.570. The molecule has 3 nitrogen and oxygen atoms in total. The minimum absolute atomic E-state index is 0.118. The molecule has 0 saturated heterocycles. The molecule has 0 saturated carbocycles. The van der Waals surface area contributed by atoms with Crippen molar-refractivity contribution in [2.24, 2.45) is 0 Å². The van der Waals surface area contributed by atoms with Crippen molar-refractivity contribution in [3.05, 3.63) is 0 Å². The summed E-state index contributed by atoms with van der Waals surface area (Å²) in [5.74, 6) is -0.118. The molecule has 0 fully saturated rings. The maximum Gasteiger partial charge on any atom is 0.251 e. The molecule has 1 N–H and O–H groups in total. The van der Waals surface area contributed by atoms with Gasteiger partial charge in [0.25, 0.3) is 5.91 Å². The first kappa shape index (κ1) is 15.4. The monoisotopic (exact) mass is 229 g/mol. The lowest BCUT2D eigenvalue weighted by Gasteiger charge is -2.24. The molecule has 0 aromatic carbocycles. The molecule has 1 amide bonds. The van der Waals surface area contributed by atoms with E-state index in [9.17, 15) is 9.90 Å². The van der Waals surface area contributed by atoms with Crippen molar-refractivity contribution in [1.29, 1.82) is 0 Å². The number of carbonyl (C=O) groups excluding carboxylic acids is 1. The first-order valence-electron chi connectivity index (χ1n) is 6.60. The number of unbranched alkanes of at least 4 members (excludes halogenated alkanes) is 4. The van der Waals surface area contributed by atoms with E-state index >= 15 is 0 Å². The number of amides is 1. The van der Waals surface area contributed by atoms with E-state index in [1.54, 1.807) is 6.92 Å². The number of aliphatic hydroxyl groups excluding tert-OH is 1. The molecule has 96 valence electrons. The molecule has 0 spiro atoms. The van der Waals surface area contributed by atoms with E-state index in [4.69, 9.17) is 0 Å². The fourth-order valence-corrected chi connectivity index (χ4v) is 1.70. The van der Waals surface area contributed by atoms with Crippen LogP contribution in [0.2, 0.25) is 0 Å². The standard InChI is InChI=1S/C13H27NO2/c1-4-6-8-10-14(11-9-7-5-2)13(16)12(3)15/h12,15H,4-11H2,1-3H3. The Morgan fingerprint density at radius 3 is 1.81 bits per heavy atom. The van der Waals surface area contributed by atoms with Crippen molar-refractivity contribution in [3.63, 3.8) is 0 Å². The average Bonchev–Trinajstić information content (AvgIpc) is 2.26. The molecule has 0 bridgehead atoms. The number of hydrogen-bond acceptors (Lipinski definition) is 2. The number of nitrogens with zero attached hydrogens (tertiary/aromatic N) is 1. The van der Waals surface area contributed by atoms with E-state index < -0.39 is 6.10 Å². The molecule has 0 radical (unpaired) electrons. The molecule has 0 heterocycles. The molecule has 1 unspecified atom stereocenters. The fraction of sp³-hybridized carbons (Fsp3) is 0.923. The van der Waals surface area contributed by atoms with E-state index in [1.807, 2.05) is 4.90 Å². The van der Waals surface area contributed by atoms with Gasteiger partial charge >= 0.3 is 0 Å². The Morgan fingerprint density at radius 1 is 1.06 bits per heavy atom. The summed E-state index contributed by atoms with van der Waals surface area (Å²) >= 11 is 0. The second kappa shape index (κ2) is 9.64. The molecule has 16 heavy (non-hydrogen) atoms. The van der Waals surface area contributed by atoms with Crippen LogP contribution >= 0.6 is 0 Å². The summed E-state index contributed by atoms with van der Waals surface area (Å²) in [5.41, 5.74) is 0. The molecule has 3 heteroatoms. The highest BCUT2D eigenvalue weighted by molar-refractivity contribution is 5.80. The van der Waals surface area contributed by atoms with Crippen LogP contribution < -0.4 is 0 Å². The van der Waals surface area contributed by atoms with Gasteiger partial charge < -0.3 is 10.0 Å². The molecule has 0 aliphatic carbocycles. The molecule has 0 aromatic heterocycles. The van der Waals surface area contributed by atoms with Gasteiger partial charge in [0.1, 0.15) is 6.10 Å². The summed E-state index contributed by atoms with van der Waals surface area (Å²) in [4.78, 5) is 13.5. The van der Waals surface area contributed by atoms with Crippen molar-refractivity contribution in [3.8, 4) is 0 Å². The van der Waals surface area contributed by atoms with Gasteiger partial charge in [-0.15, -0.1) is 0 Å². The van der Waals surface area contributed by atoms with Crippen LogP contribution in [0.15, 0.2) is 0 Å². The van der Waals surface area contributed by atoms with Crippen LogP contribution in [0.3, 0.4) is 0 Å². The Balaban J connectivity index is 4.00. The van der Waals surface area contributed by atoms with Gasteiger partial charge in [0.05, 0.1) is 0 Å². The quantitative estimate of drug-likeness (QED) is 0.617. The average molecular weight is 229 g/mol. The molecule has 1 atom stereocenters. The maximum absolute atomic E-state index is 11.7. The highest BCUT2D eigenvalue weighted by Crippen LogP contribution is 2.04. The van der Waals surface area contributed by atoms with Crippen molar-refractivity contribution in [2.45, 2.75) is 65.4 Å². The van der Waals surface area contributed by atoms with E-state index in [1.165, 1.54) is 0 Å². The molecule has 0 rings (SSSR count). The maximum atomic E-state index is 11.7. The van der Waals surface area contributed by atoms with Crippen molar-refractivity contribution >= 4 is 5.91 Å². The number of rotatable bonds is 9. The minimum Gasteiger partial charge on any atom is -0.384 e. The Labute approximate surface area is 99.8 Å². The van der Waals surface area contributed by atoms with Crippen LogP contribution in [0, 0.1) is 0 Å². The SMILES string of the molecule is CCCCCN(CCCCC)C(=O)C(C)O. The van der Waals surface area contributed by atoms with Crippen molar-refractivity contribution in [1.82, 2.24) is 4.90 Å². The third kappa shape index (κ3) is 6.83. The second-order valence-electron chi connectivity index (χ2n) is 4.42. The molecule has 0 aliphatic heterocycles. The van der Waals surface area contributed by atoms with Crippen molar-refractivity contribution in [2.75, 3.05) is 13.1 Å². The summed E-state index contributed by atoms with van der Waals surface area (Å²) < 4.78 is 0. The van der Waals surface area contributed by atoms with Crippen LogP contribution in [0.4, 0.5) is 0 Å². The van der Waals surface area contributed by atoms with Gasteiger partial charge in [-0.3, -0.25) is 4.79 Å². The largest absolute Gasteiger partial charge is 0.384 e. The topological polar surface area (TPSA) is 40.5 Å². The van der Waals surface area contributed by atoms with E-state index in [0.717, 1.165) is 51.6 Å². The van der Waals surface area contributed by atoms with E-state index in [0.29, 0.717) is 0 Å². The lowest BCUT2D eigenvalue weighted by molar-refractivity contribution is -0.139. The zero-order valence-corrected chi connectivity index (χ0v) is 11.0. The van der Waals surface area contributed by atoms with Gasteiger partial charge in [-0.2, -0.15) is 0 Å². The van der Waals surface area contributed by atoms with Crippen LogP contribution in [0.1, 0.15) is 59.3 Å². The molecule has 0 aromatic rings. The van der Waals surface area contributed by atoms with Crippen LogP contribution in [-0.2, 0) is 4.79 Å². The summed E-state index contributed by atoms with van der Waals surface area (Å²) in [7, 11) is 0. The Bertz CT molecular complexity index is 171. The summed E-state index contributed by atoms with van der Waals surface area (Å²) in [6, 6.07) is 0. The second-order valence-corrected chi connectivity index (χ2v) is 4.42. The number of aliphatic hydroxyl groups is 1. The minimum atomic E-state index is -0.858. The lowest BCUT2D eigenvalue weighted by Crippen LogP contribution is -2.39. The smallest absolute Gasteiger partial charge is 0.251 e. The fourth-order valence-electron chi connectivity index (χ4n) is 1.70. The van der Waals surface area contributed by atoms with E-state index in [-0.39, 0.29) is 5.91 Å². The first-order valence-corrected chi connectivity index (χ1v) is 6.60. The first-order chi connectivity index (χ1) is 7.63. The number of hydrogen-bond donors (Lipinski definition) is 1. The van der Waals surface area contributed by atoms with Crippen molar-refractivity contribution < 1.29 is 9.90 Å². The predicted molar refractivity (Wildman–Crippen MR) is 67.3 cm³/mol. The van der Waals surface area contributed by atoms with Crippen LogP contribution in [0.5, 0.6) is 0 Å². The van der Waals surface area contributed by atoms with Crippen LogP contribution in [-0.4, -0.2) is 35.1 Å². The van der Waals surface area contributed by atoms with Gasteiger partial charge in [0.15, 0.2) is 0 Å². The van der Waals surface area contributed by atoms with Gasteiger partial charge in [0.2, 0.25) is 0 Å². The Morgan fingerprint density at radius 2 is 1.50 bits per heavy atom. The Kier molecular flexibility index (Phi) is 9.30. The lowest BCUT2D eigenvalue weighted by atomic mass is 10.2. The van der Waals surface area contributed by atoms with E-state index in [2.05, 4.69) is 13.8 Å². The normalized spacial score (nSPS) is 12.5. The highest BCUT2D eigenvalue weighted by atomic mass is 16.3. The summed E-state index contributed by atoms with van der Waals surface area (Å²) in [5, 5.41) is 9.31. The van der Waals surface area contributed by atoms with Crippen LogP contribution in [0.25, 0.3) is 0 Å². The third-order valence-corrected chi connectivity index (χ3v) is 2.73. The summed E-state index contributed by atoms with van der Waals surface area (Å²) in [6.45, 7) is 7.44. The predicted octanol–water partition coefficient (Wildman–Crippen LogP) is 2.58. The molecule has 0 aliphatic rings. The molecular formula is C13H27NO2. The van der Waals surface area contributed by atoms with Gasteiger partial charge in [-0.25, -0.2) is 0 Å². The van der Waals surface area contributed by atoms with Gasteiger partial charge in [-0.05, 0) is 19.8 Å². The van der Waals surface area contributed by atoms with Gasteiger partial charge in [-0.1, -0.05) is 39.5 Å². The van der Waals surface area contributed by atoms with Gasteiger partial charge in [0, 0.05) is 13.1 Å². The zero-order valence-electron chi connectivity index (χ0n) is 11.0. The highest BCUT2D eigenvalue weighted by Gasteiger charge is 2.17.